The number of ether oxygens (including phenoxy) is 1. The molecule has 1 aromatic rings. The molecule has 2 aliphatic rings. The third kappa shape index (κ3) is 7.78. The number of halogens is 1. The minimum absolute atomic E-state index is 0.234. The van der Waals surface area contributed by atoms with E-state index in [2.05, 4.69) is 15.9 Å². The summed E-state index contributed by atoms with van der Waals surface area (Å²) in [4.78, 5) is 22.7. The first-order chi connectivity index (χ1) is 14.7. The molecule has 8 heteroatoms. The van der Waals surface area contributed by atoms with Gasteiger partial charge in [0.05, 0.1) is 6.61 Å². The zero-order valence-corrected chi connectivity index (χ0v) is 18.8. The highest BCUT2D eigenvalue weighted by molar-refractivity contribution is 7.98. The number of unbranched alkanes of at least 4 members (excludes halogenated alkanes) is 2. The predicted octanol–water partition coefficient (Wildman–Crippen LogP) is 3.43. The second kappa shape index (κ2) is 10.4. The van der Waals surface area contributed by atoms with E-state index in [1.165, 1.54) is 12.1 Å². The highest BCUT2D eigenvalue weighted by atomic mass is 32.2. The van der Waals surface area contributed by atoms with Crippen LogP contribution in [0.2, 0.25) is 0 Å². The van der Waals surface area contributed by atoms with Gasteiger partial charge in [-0.25, -0.2) is 9.11 Å². The molecule has 2 N–H and O–H groups in total. The van der Waals surface area contributed by atoms with Crippen LogP contribution in [0.3, 0.4) is 0 Å². The molecular weight excluding hydrogens is 419 g/mol. The molecule has 1 saturated carbocycles. The van der Waals surface area contributed by atoms with Crippen LogP contribution in [0.5, 0.6) is 5.75 Å². The molecule has 170 valence electrons. The maximum atomic E-state index is 14.0. The highest BCUT2D eigenvalue weighted by Gasteiger charge is 2.23. The predicted molar refractivity (Wildman–Crippen MR) is 121 cm³/mol. The monoisotopic (exact) mass is 450 g/mol. The number of benzene rings is 1. The van der Waals surface area contributed by atoms with Gasteiger partial charge in [0.2, 0.25) is 5.91 Å². The van der Waals surface area contributed by atoms with Crippen molar-refractivity contribution in [2.45, 2.75) is 57.9 Å². The van der Waals surface area contributed by atoms with E-state index in [9.17, 15) is 18.2 Å². The molecule has 0 aromatic heterocycles. The van der Waals surface area contributed by atoms with E-state index < -0.39 is 9.71 Å². The number of amides is 2. The number of carbonyl (C=O) groups excluding carboxylic acids is 2. The molecule has 1 unspecified atom stereocenters. The number of imide groups is 1. The summed E-state index contributed by atoms with van der Waals surface area (Å²) in [6.45, 7) is 2.41. The molecule has 2 amide bonds. The van der Waals surface area contributed by atoms with E-state index in [0.717, 1.165) is 36.8 Å². The summed E-state index contributed by atoms with van der Waals surface area (Å²) in [5.41, 5.74) is 1.64. The summed E-state index contributed by atoms with van der Waals surface area (Å²) in [7, 11) is -2.51. The van der Waals surface area contributed by atoms with E-state index in [4.69, 9.17) is 4.74 Å². The quantitative estimate of drug-likeness (QED) is 0.290. The summed E-state index contributed by atoms with van der Waals surface area (Å²) in [6, 6.07) is 4.46. The van der Waals surface area contributed by atoms with Crippen LogP contribution in [-0.4, -0.2) is 34.3 Å². The minimum Gasteiger partial charge on any atom is -0.490 e. The van der Waals surface area contributed by atoms with Crippen LogP contribution in [0.15, 0.2) is 29.8 Å². The van der Waals surface area contributed by atoms with Crippen molar-refractivity contribution in [1.82, 2.24) is 10.0 Å². The summed E-state index contributed by atoms with van der Waals surface area (Å²) in [6.07, 6.45) is 7.06. The molecule has 0 bridgehead atoms. The first-order valence-corrected chi connectivity index (χ1v) is 12.7. The SMILES string of the molecule is C=S(=O)(CCCCCC1=CC(=O)NC(=O)C1)N[C@H](C)c1ccc(F)c(OCC2CC2)c1. The average molecular weight is 451 g/mol. The number of nitrogens with one attached hydrogen (secondary N) is 2. The van der Waals surface area contributed by atoms with Gasteiger partial charge in [-0.1, -0.05) is 18.1 Å². The van der Waals surface area contributed by atoms with E-state index in [1.807, 2.05) is 6.92 Å². The Hall–Kier alpha value is -2.19. The summed E-state index contributed by atoms with van der Waals surface area (Å²) in [5.74, 6) is 4.03. The van der Waals surface area contributed by atoms with Crippen LogP contribution in [0.25, 0.3) is 0 Å². The van der Waals surface area contributed by atoms with Crippen molar-refractivity contribution in [3.8, 4) is 5.75 Å². The van der Waals surface area contributed by atoms with Crippen LogP contribution in [0, 0.1) is 11.7 Å². The van der Waals surface area contributed by atoms with Crippen molar-refractivity contribution in [2.24, 2.45) is 5.92 Å². The lowest BCUT2D eigenvalue weighted by Gasteiger charge is -2.19. The number of hydrogen-bond donors (Lipinski definition) is 2. The normalized spacial score (nSPS) is 19.4. The van der Waals surface area contributed by atoms with Gasteiger partial charge in [-0.3, -0.25) is 19.1 Å². The van der Waals surface area contributed by atoms with Crippen LogP contribution in [-0.2, 0) is 19.3 Å². The molecule has 6 nitrogen and oxygen atoms in total. The summed E-state index contributed by atoms with van der Waals surface area (Å²) >= 11 is 0. The smallest absolute Gasteiger partial charge is 0.250 e. The van der Waals surface area contributed by atoms with Crippen molar-refractivity contribution >= 4 is 27.4 Å². The van der Waals surface area contributed by atoms with Gasteiger partial charge in [-0.15, -0.1) is 0 Å². The molecular formula is C23H31FN2O4S. The van der Waals surface area contributed by atoms with E-state index in [1.54, 1.807) is 12.1 Å². The molecule has 1 heterocycles. The van der Waals surface area contributed by atoms with Crippen LogP contribution in [0.1, 0.15) is 63.5 Å². The van der Waals surface area contributed by atoms with Crippen LogP contribution < -0.4 is 14.8 Å². The van der Waals surface area contributed by atoms with Gasteiger partial charge in [0.15, 0.2) is 11.6 Å². The van der Waals surface area contributed by atoms with E-state index >= 15 is 0 Å². The van der Waals surface area contributed by atoms with Gasteiger partial charge in [-0.05, 0) is 68.5 Å². The minimum atomic E-state index is -2.51. The van der Waals surface area contributed by atoms with Crippen molar-refractivity contribution in [1.29, 1.82) is 0 Å². The van der Waals surface area contributed by atoms with Crippen molar-refractivity contribution < 1.29 is 22.9 Å². The second-order valence-electron chi connectivity index (χ2n) is 8.50. The Kier molecular flexibility index (Phi) is 7.89. The average Bonchev–Trinajstić information content (AvgIpc) is 3.50. The lowest BCUT2D eigenvalue weighted by atomic mass is 10.0. The molecule has 1 aromatic carbocycles. The Morgan fingerprint density at radius 3 is 2.77 bits per heavy atom. The molecule has 0 spiro atoms. The maximum absolute atomic E-state index is 14.0. The molecule has 0 radical (unpaired) electrons. The number of rotatable bonds is 12. The van der Waals surface area contributed by atoms with Gasteiger partial charge in [0.25, 0.3) is 5.91 Å². The number of carbonyl (C=O) groups is 2. The standard InChI is InChI=1S/C23H31FN2O4S/c1-16(19-9-10-20(24)21(14-19)30-15-17-7-8-17)26-31(2,29)11-5-3-4-6-18-12-22(27)25-23(28)13-18/h9-10,12,14,16-17H,2-8,11,13,15H2,1H3,(H,26,29)(H,25,27,28)/t16-,31?/m1/s1. The fourth-order valence-electron chi connectivity index (χ4n) is 3.53. The Morgan fingerprint density at radius 1 is 1.29 bits per heavy atom. The van der Waals surface area contributed by atoms with Crippen molar-refractivity contribution in [3.05, 3.63) is 41.2 Å². The Balaban J connectivity index is 1.42. The second-order valence-corrected chi connectivity index (χ2v) is 10.8. The number of hydrogen-bond acceptors (Lipinski definition) is 4. The van der Waals surface area contributed by atoms with Crippen LogP contribution in [0.4, 0.5) is 4.39 Å². The third-order valence-electron chi connectivity index (χ3n) is 5.48. The maximum Gasteiger partial charge on any atom is 0.250 e. The molecule has 1 aliphatic carbocycles. The molecule has 0 saturated heterocycles. The molecule has 3 rings (SSSR count). The first kappa shape index (κ1) is 23.5. The molecule has 1 aliphatic heterocycles. The van der Waals surface area contributed by atoms with Crippen LogP contribution >= 0.6 is 0 Å². The summed E-state index contributed by atoms with van der Waals surface area (Å²) < 4.78 is 35.5. The van der Waals surface area contributed by atoms with Gasteiger partial charge < -0.3 is 4.74 Å². The Morgan fingerprint density at radius 2 is 2.06 bits per heavy atom. The van der Waals surface area contributed by atoms with Gasteiger partial charge in [0.1, 0.15) is 0 Å². The Labute approximate surface area is 183 Å². The van der Waals surface area contributed by atoms with Gasteiger partial charge in [-0.2, -0.15) is 0 Å². The fraction of sp³-hybridized carbons (Fsp3) is 0.522. The zero-order valence-electron chi connectivity index (χ0n) is 18.0. The lowest BCUT2D eigenvalue weighted by molar-refractivity contribution is -0.128. The van der Waals surface area contributed by atoms with Gasteiger partial charge in [0, 0.05) is 34.0 Å². The lowest BCUT2D eigenvalue weighted by Crippen LogP contribution is -2.32. The van der Waals surface area contributed by atoms with E-state index in [0.29, 0.717) is 31.1 Å². The third-order valence-corrected chi connectivity index (χ3v) is 7.21. The van der Waals surface area contributed by atoms with E-state index in [-0.39, 0.29) is 35.8 Å². The summed E-state index contributed by atoms with van der Waals surface area (Å²) in [5, 5.41) is 2.25. The Bertz CT molecular complexity index is 954. The topological polar surface area (TPSA) is 84.5 Å². The van der Waals surface area contributed by atoms with Crippen molar-refractivity contribution in [3.63, 3.8) is 0 Å². The molecule has 2 atom stereocenters. The van der Waals surface area contributed by atoms with Crippen molar-refractivity contribution in [2.75, 3.05) is 12.4 Å². The first-order valence-electron chi connectivity index (χ1n) is 10.8. The van der Waals surface area contributed by atoms with Gasteiger partial charge >= 0.3 is 0 Å². The fourth-order valence-corrected chi connectivity index (χ4v) is 5.09. The largest absolute Gasteiger partial charge is 0.490 e. The molecule has 31 heavy (non-hydrogen) atoms. The highest BCUT2D eigenvalue weighted by Crippen LogP contribution is 2.31. The zero-order chi connectivity index (χ0) is 22.4. The molecule has 1 fully saturated rings.